The van der Waals surface area contributed by atoms with Crippen LogP contribution in [0.2, 0.25) is 0 Å². The number of piperidine rings is 1. The lowest BCUT2D eigenvalue weighted by Crippen LogP contribution is -2.40. The third-order valence-electron chi connectivity index (χ3n) is 6.45. The first-order chi connectivity index (χ1) is 19.8. The molecule has 2 amide bonds. The number of hydrogen-bond acceptors (Lipinski definition) is 11. The van der Waals surface area contributed by atoms with Crippen molar-refractivity contribution in [2.45, 2.75) is 23.5 Å². The van der Waals surface area contributed by atoms with E-state index in [2.05, 4.69) is 25.2 Å². The Morgan fingerprint density at radius 1 is 1.10 bits per heavy atom. The summed E-state index contributed by atoms with van der Waals surface area (Å²) in [5, 5.41) is 7.97. The SMILES string of the molecule is NCCOCCOCCNC(=O)CCN1CCC(C(=O)Nc2nc3ccc(NS(=O)(=O)c4cccs4)cc3s2)CC1. The van der Waals surface area contributed by atoms with E-state index in [1.54, 1.807) is 35.7 Å². The van der Waals surface area contributed by atoms with Gasteiger partial charge in [-0.25, -0.2) is 13.4 Å². The van der Waals surface area contributed by atoms with Gasteiger partial charge in [0, 0.05) is 32.0 Å². The number of benzene rings is 1. The zero-order chi connectivity index (χ0) is 29.1. The van der Waals surface area contributed by atoms with E-state index in [4.69, 9.17) is 15.2 Å². The van der Waals surface area contributed by atoms with Gasteiger partial charge < -0.3 is 30.7 Å². The number of nitrogens with one attached hydrogen (secondary N) is 3. The van der Waals surface area contributed by atoms with E-state index < -0.39 is 10.0 Å². The molecule has 1 aliphatic rings. The van der Waals surface area contributed by atoms with Crippen LogP contribution in [0.1, 0.15) is 19.3 Å². The average Bonchev–Trinajstić information content (AvgIpc) is 3.64. The molecule has 2 aromatic heterocycles. The normalized spacial score (nSPS) is 14.8. The van der Waals surface area contributed by atoms with Gasteiger partial charge in [0.25, 0.3) is 10.0 Å². The number of amides is 2. The molecule has 15 heteroatoms. The van der Waals surface area contributed by atoms with Crippen molar-refractivity contribution in [1.82, 2.24) is 15.2 Å². The molecular weight excluding hydrogens is 589 g/mol. The minimum absolute atomic E-state index is 0.0221. The summed E-state index contributed by atoms with van der Waals surface area (Å²) >= 11 is 2.45. The first kappa shape index (κ1) is 31.3. The molecule has 0 saturated carbocycles. The number of nitrogens with zero attached hydrogens (tertiary/aromatic N) is 2. The van der Waals surface area contributed by atoms with Crippen molar-refractivity contribution in [2.24, 2.45) is 11.7 Å². The molecule has 1 aliphatic heterocycles. The van der Waals surface area contributed by atoms with Crippen molar-refractivity contribution >= 4 is 65.5 Å². The molecule has 0 aliphatic carbocycles. The maximum absolute atomic E-state index is 12.9. The summed E-state index contributed by atoms with van der Waals surface area (Å²) in [6, 6.07) is 8.34. The molecule has 4 rings (SSSR count). The molecule has 12 nitrogen and oxygen atoms in total. The Hall–Kier alpha value is -2.66. The minimum atomic E-state index is -3.64. The predicted molar refractivity (Wildman–Crippen MR) is 161 cm³/mol. The topological polar surface area (TPSA) is 165 Å². The number of ether oxygens (including phenoxy) is 2. The maximum atomic E-state index is 12.9. The predicted octanol–water partition coefficient (Wildman–Crippen LogP) is 2.31. The number of carbonyl (C=O) groups excluding carboxylic acids is 2. The van der Waals surface area contributed by atoms with E-state index >= 15 is 0 Å². The molecule has 0 atom stereocenters. The molecule has 1 fully saturated rings. The van der Waals surface area contributed by atoms with Crippen LogP contribution in [0.3, 0.4) is 0 Å². The Bertz CT molecular complexity index is 1370. The standard InChI is InChI=1S/C26H36N6O6S3/c27-8-13-37-15-16-38-14-9-28-23(33)7-12-32-10-5-19(6-11-32)25(34)30-26-29-21-4-3-20(18-22(21)40-26)31-41(35,36)24-2-1-17-39-24/h1-4,17-19,31H,5-16,27H2,(H,28,33)(H,29,30,34). The van der Waals surface area contributed by atoms with Gasteiger partial charge in [0.15, 0.2) is 5.13 Å². The van der Waals surface area contributed by atoms with Crippen molar-refractivity contribution < 1.29 is 27.5 Å². The van der Waals surface area contributed by atoms with Crippen LogP contribution in [-0.4, -0.2) is 89.3 Å². The van der Waals surface area contributed by atoms with Gasteiger partial charge in [0.1, 0.15) is 4.21 Å². The minimum Gasteiger partial charge on any atom is -0.378 e. The molecule has 0 unspecified atom stereocenters. The van der Waals surface area contributed by atoms with Gasteiger partial charge >= 0.3 is 0 Å². The van der Waals surface area contributed by atoms with Gasteiger partial charge in [0.05, 0.1) is 42.3 Å². The fourth-order valence-electron chi connectivity index (χ4n) is 4.31. The quantitative estimate of drug-likeness (QED) is 0.175. The van der Waals surface area contributed by atoms with Crippen molar-refractivity contribution in [1.29, 1.82) is 0 Å². The molecule has 0 bridgehead atoms. The third kappa shape index (κ3) is 9.70. The summed E-state index contributed by atoms with van der Waals surface area (Å²) in [5.74, 6) is -0.231. The van der Waals surface area contributed by atoms with Gasteiger partial charge in [-0.3, -0.25) is 14.3 Å². The molecule has 1 saturated heterocycles. The Labute approximate surface area is 247 Å². The van der Waals surface area contributed by atoms with E-state index in [1.807, 2.05) is 0 Å². The highest BCUT2D eigenvalue weighted by Gasteiger charge is 2.26. The van der Waals surface area contributed by atoms with E-state index in [1.165, 1.54) is 11.3 Å². The largest absolute Gasteiger partial charge is 0.378 e. The molecule has 3 aromatic rings. The maximum Gasteiger partial charge on any atom is 0.271 e. The van der Waals surface area contributed by atoms with Gasteiger partial charge in [-0.05, 0) is 55.6 Å². The average molecular weight is 625 g/mol. The highest BCUT2D eigenvalue weighted by atomic mass is 32.2. The number of thiazole rings is 1. The molecular formula is C26H36N6O6S3. The van der Waals surface area contributed by atoms with Crippen LogP contribution in [0.15, 0.2) is 39.9 Å². The lowest BCUT2D eigenvalue weighted by atomic mass is 9.96. The van der Waals surface area contributed by atoms with E-state index in [-0.39, 0.29) is 21.9 Å². The fraction of sp³-hybridized carbons (Fsp3) is 0.500. The van der Waals surface area contributed by atoms with Gasteiger partial charge in [-0.2, -0.15) is 0 Å². The van der Waals surface area contributed by atoms with Gasteiger partial charge in [-0.1, -0.05) is 17.4 Å². The van der Waals surface area contributed by atoms with Gasteiger partial charge in [0.2, 0.25) is 11.8 Å². The molecule has 1 aromatic carbocycles. The number of aromatic nitrogens is 1. The highest BCUT2D eigenvalue weighted by molar-refractivity contribution is 7.94. The summed E-state index contributed by atoms with van der Waals surface area (Å²) in [5.41, 5.74) is 6.46. The number of hydrogen-bond donors (Lipinski definition) is 4. The fourth-order valence-corrected chi connectivity index (χ4v) is 7.26. The zero-order valence-electron chi connectivity index (χ0n) is 22.7. The summed E-state index contributed by atoms with van der Waals surface area (Å²) in [6.45, 7) is 4.97. The number of fused-ring (bicyclic) bond motifs is 1. The van der Waals surface area contributed by atoms with Crippen molar-refractivity contribution in [2.75, 3.05) is 69.2 Å². The van der Waals surface area contributed by atoms with Crippen LogP contribution >= 0.6 is 22.7 Å². The number of thiophene rings is 1. The smallest absolute Gasteiger partial charge is 0.271 e. The van der Waals surface area contributed by atoms with Crippen LogP contribution in [0.5, 0.6) is 0 Å². The second kappa shape index (κ2) is 15.5. The van der Waals surface area contributed by atoms with Crippen molar-refractivity contribution in [3.05, 3.63) is 35.7 Å². The number of likely N-dealkylation sites (tertiary alicyclic amines) is 1. The lowest BCUT2D eigenvalue weighted by molar-refractivity contribution is -0.123. The second-order valence-corrected chi connectivity index (χ2v) is 13.3. The van der Waals surface area contributed by atoms with Crippen LogP contribution in [-0.2, 0) is 29.1 Å². The Balaban J connectivity index is 1.15. The van der Waals surface area contributed by atoms with E-state index in [0.717, 1.165) is 29.1 Å². The van der Waals surface area contributed by atoms with Crippen LogP contribution in [0, 0.1) is 5.92 Å². The molecule has 3 heterocycles. The monoisotopic (exact) mass is 624 g/mol. The third-order valence-corrected chi connectivity index (χ3v) is 10.2. The van der Waals surface area contributed by atoms with E-state index in [0.29, 0.717) is 81.7 Å². The number of anilines is 2. The summed E-state index contributed by atoms with van der Waals surface area (Å²) < 4.78 is 39.2. The number of sulfonamides is 1. The van der Waals surface area contributed by atoms with Gasteiger partial charge in [-0.15, -0.1) is 11.3 Å². The number of rotatable bonds is 16. The first-order valence-corrected chi connectivity index (χ1v) is 16.6. The summed E-state index contributed by atoms with van der Waals surface area (Å²) in [6.07, 6.45) is 1.80. The highest BCUT2D eigenvalue weighted by Crippen LogP contribution is 2.30. The Morgan fingerprint density at radius 2 is 1.88 bits per heavy atom. The Morgan fingerprint density at radius 3 is 2.61 bits per heavy atom. The van der Waals surface area contributed by atoms with Crippen molar-refractivity contribution in [3.8, 4) is 0 Å². The molecule has 0 radical (unpaired) electrons. The van der Waals surface area contributed by atoms with Crippen molar-refractivity contribution in [3.63, 3.8) is 0 Å². The summed E-state index contributed by atoms with van der Waals surface area (Å²) in [7, 11) is -3.64. The molecule has 0 spiro atoms. The number of nitrogens with two attached hydrogens (primary N) is 1. The summed E-state index contributed by atoms with van der Waals surface area (Å²) in [4.78, 5) is 31.7. The van der Waals surface area contributed by atoms with Crippen LogP contribution < -0.4 is 21.1 Å². The lowest BCUT2D eigenvalue weighted by Gasteiger charge is -2.30. The number of carbonyl (C=O) groups is 2. The Kier molecular flexibility index (Phi) is 11.9. The zero-order valence-corrected chi connectivity index (χ0v) is 25.1. The molecule has 5 N–H and O–H groups in total. The molecule has 224 valence electrons. The second-order valence-electron chi connectivity index (χ2n) is 9.46. The molecule has 41 heavy (non-hydrogen) atoms. The van der Waals surface area contributed by atoms with Crippen LogP contribution in [0.4, 0.5) is 10.8 Å². The van der Waals surface area contributed by atoms with Crippen LogP contribution in [0.25, 0.3) is 10.2 Å². The van der Waals surface area contributed by atoms with E-state index in [9.17, 15) is 18.0 Å². The first-order valence-electron chi connectivity index (χ1n) is 13.5.